The predicted octanol–water partition coefficient (Wildman–Crippen LogP) is 1.26. The summed E-state index contributed by atoms with van der Waals surface area (Å²) in [6.45, 7) is 1.68. The molecule has 0 saturated heterocycles. The molecule has 20 heavy (non-hydrogen) atoms. The minimum absolute atomic E-state index is 0. The average molecular weight is 298 g/mol. The van der Waals surface area contributed by atoms with Crippen LogP contribution in [0.3, 0.4) is 0 Å². The third-order valence-corrected chi connectivity index (χ3v) is 3.41. The van der Waals surface area contributed by atoms with Crippen LogP contribution < -0.4 is 21.1 Å². The molecule has 1 unspecified atom stereocenters. The van der Waals surface area contributed by atoms with Crippen LogP contribution in [0.15, 0.2) is 18.2 Å². The first-order valence-corrected chi connectivity index (χ1v) is 6.20. The van der Waals surface area contributed by atoms with Gasteiger partial charge in [-0.1, -0.05) is 0 Å². The van der Waals surface area contributed by atoms with Gasteiger partial charge in [0.2, 0.25) is 5.91 Å². The van der Waals surface area contributed by atoms with E-state index in [1.165, 1.54) is 0 Å². The molecule has 1 saturated carbocycles. The minimum Gasteiger partial charge on any atom is -0.479 e. The van der Waals surface area contributed by atoms with E-state index < -0.39 is 11.6 Å². The van der Waals surface area contributed by atoms with Gasteiger partial charge in [-0.15, -0.1) is 12.4 Å². The van der Waals surface area contributed by atoms with Gasteiger partial charge in [0.25, 0.3) is 5.91 Å². The number of rotatable bonds is 2. The number of fused-ring (bicyclic) bond motifs is 1. The maximum atomic E-state index is 11.8. The molecule has 6 nitrogen and oxygen atoms in total. The molecule has 2 amide bonds. The first-order chi connectivity index (χ1) is 8.98. The third-order valence-electron chi connectivity index (χ3n) is 3.41. The van der Waals surface area contributed by atoms with Crippen molar-refractivity contribution in [1.82, 2.24) is 0 Å². The summed E-state index contributed by atoms with van der Waals surface area (Å²) in [5.41, 5.74) is 6.25. The van der Waals surface area contributed by atoms with Crippen molar-refractivity contribution in [2.45, 2.75) is 31.4 Å². The summed E-state index contributed by atoms with van der Waals surface area (Å²) in [6, 6.07) is 5.12. The second-order valence-corrected chi connectivity index (χ2v) is 5.07. The number of hydrogen-bond acceptors (Lipinski definition) is 4. The Labute approximate surface area is 122 Å². The summed E-state index contributed by atoms with van der Waals surface area (Å²) in [5, 5.41) is 5.48. The molecule has 0 spiro atoms. The van der Waals surface area contributed by atoms with Gasteiger partial charge in [0.1, 0.15) is 5.75 Å². The average Bonchev–Trinajstić information content (AvgIpc) is 3.11. The van der Waals surface area contributed by atoms with Crippen LogP contribution in [0.5, 0.6) is 5.75 Å². The Morgan fingerprint density at radius 1 is 1.50 bits per heavy atom. The molecule has 0 aromatic heterocycles. The van der Waals surface area contributed by atoms with E-state index in [1.807, 2.05) is 0 Å². The molecule has 1 fully saturated rings. The lowest BCUT2D eigenvalue weighted by atomic mass is 10.2. The highest BCUT2D eigenvalue weighted by atomic mass is 35.5. The zero-order chi connectivity index (χ0) is 13.6. The largest absolute Gasteiger partial charge is 0.479 e. The second kappa shape index (κ2) is 4.96. The highest BCUT2D eigenvalue weighted by Gasteiger charge is 2.46. The number of carbonyl (C=O) groups is 2. The van der Waals surface area contributed by atoms with E-state index in [0.29, 0.717) is 30.0 Å². The number of benzene rings is 1. The highest BCUT2D eigenvalue weighted by Crippen LogP contribution is 2.35. The zero-order valence-electron chi connectivity index (χ0n) is 10.9. The van der Waals surface area contributed by atoms with Crippen molar-refractivity contribution in [3.05, 3.63) is 18.2 Å². The fraction of sp³-hybridized carbons (Fsp3) is 0.385. The number of nitrogens with one attached hydrogen (secondary N) is 2. The van der Waals surface area contributed by atoms with Crippen molar-refractivity contribution in [1.29, 1.82) is 0 Å². The van der Waals surface area contributed by atoms with Crippen LogP contribution in [-0.4, -0.2) is 23.5 Å². The molecule has 0 radical (unpaired) electrons. The molecule has 4 N–H and O–H groups in total. The molecule has 1 aliphatic heterocycles. The molecule has 1 heterocycles. The van der Waals surface area contributed by atoms with Crippen molar-refractivity contribution >= 4 is 35.6 Å². The molecule has 1 aliphatic carbocycles. The van der Waals surface area contributed by atoms with Crippen molar-refractivity contribution in [3.63, 3.8) is 0 Å². The summed E-state index contributed by atoms with van der Waals surface area (Å²) in [5.74, 6) is 0.205. The zero-order valence-corrected chi connectivity index (χ0v) is 11.8. The molecule has 7 heteroatoms. The normalized spacial score (nSPS) is 21.7. The SMILES string of the molecule is CC1Oc2ccc(NC(=O)C3(N)CC3)cc2NC1=O.Cl. The fourth-order valence-corrected chi connectivity index (χ4v) is 1.90. The van der Waals surface area contributed by atoms with Crippen LogP contribution in [0, 0.1) is 0 Å². The Hall–Kier alpha value is -1.79. The molecule has 1 aromatic rings. The minimum atomic E-state index is -0.718. The summed E-state index contributed by atoms with van der Waals surface area (Å²) in [4.78, 5) is 23.3. The van der Waals surface area contributed by atoms with E-state index in [-0.39, 0.29) is 24.2 Å². The Balaban J connectivity index is 0.00000147. The van der Waals surface area contributed by atoms with Crippen LogP contribution >= 0.6 is 12.4 Å². The van der Waals surface area contributed by atoms with Crippen LogP contribution in [0.4, 0.5) is 11.4 Å². The number of carbonyl (C=O) groups excluding carboxylic acids is 2. The third kappa shape index (κ3) is 2.57. The van der Waals surface area contributed by atoms with E-state index in [2.05, 4.69) is 10.6 Å². The molecule has 0 bridgehead atoms. The van der Waals surface area contributed by atoms with Crippen LogP contribution in [0.2, 0.25) is 0 Å². The first-order valence-electron chi connectivity index (χ1n) is 6.20. The summed E-state index contributed by atoms with van der Waals surface area (Å²) >= 11 is 0. The van der Waals surface area contributed by atoms with E-state index in [1.54, 1.807) is 25.1 Å². The Morgan fingerprint density at radius 3 is 2.85 bits per heavy atom. The predicted molar refractivity (Wildman–Crippen MR) is 77.2 cm³/mol. The maximum Gasteiger partial charge on any atom is 0.265 e. The second-order valence-electron chi connectivity index (χ2n) is 5.07. The van der Waals surface area contributed by atoms with Crippen molar-refractivity contribution in [2.75, 3.05) is 10.6 Å². The summed E-state index contributed by atoms with van der Waals surface area (Å²) in [7, 11) is 0. The molecular weight excluding hydrogens is 282 g/mol. The van der Waals surface area contributed by atoms with Gasteiger partial charge in [0, 0.05) is 5.69 Å². The highest BCUT2D eigenvalue weighted by molar-refractivity contribution is 6.02. The fourth-order valence-electron chi connectivity index (χ4n) is 1.90. The number of ether oxygens (including phenoxy) is 1. The van der Waals surface area contributed by atoms with Crippen molar-refractivity contribution in [2.24, 2.45) is 5.73 Å². The van der Waals surface area contributed by atoms with E-state index in [4.69, 9.17) is 10.5 Å². The van der Waals surface area contributed by atoms with Gasteiger partial charge in [-0.2, -0.15) is 0 Å². The van der Waals surface area contributed by atoms with Gasteiger partial charge in [-0.25, -0.2) is 0 Å². The molecule has 108 valence electrons. The summed E-state index contributed by atoms with van der Waals surface area (Å²) < 4.78 is 5.43. The molecule has 2 aliphatic rings. The van der Waals surface area contributed by atoms with E-state index >= 15 is 0 Å². The Morgan fingerprint density at radius 2 is 2.20 bits per heavy atom. The number of anilines is 2. The quantitative estimate of drug-likeness (QED) is 0.766. The molecule has 3 rings (SSSR count). The van der Waals surface area contributed by atoms with Crippen molar-refractivity contribution in [3.8, 4) is 5.75 Å². The lowest BCUT2D eigenvalue weighted by Gasteiger charge is -2.23. The van der Waals surface area contributed by atoms with Crippen molar-refractivity contribution < 1.29 is 14.3 Å². The molecule has 1 atom stereocenters. The number of halogens is 1. The molecule has 1 aromatic carbocycles. The number of hydrogen-bond donors (Lipinski definition) is 3. The smallest absolute Gasteiger partial charge is 0.265 e. The maximum absolute atomic E-state index is 11.8. The first kappa shape index (κ1) is 14.6. The number of amides is 2. The Bertz CT molecular complexity index is 572. The van der Waals surface area contributed by atoms with Gasteiger partial charge in [0.05, 0.1) is 11.2 Å². The lowest BCUT2D eigenvalue weighted by molar-refractivity contribution is -0.122. The van der Waals surface area contributed by atoms with Gasteiger partial charge < -0.3 is 21.1 Å². The standard InChI is InChI=1S/C13H15N3O3.ClH/c1-7-11(17)16-9-6-8(2-3-10(9)19-7)15-12(18)13(14)4-5-13;/h2-3,6-7H,4-5,14H2,1H3,(H,15,18)(H,16,17);1H. The van der Waals surface area contributed by atoms with Crippen LogP contribution in [0.1, 0.15) is 19.8 Å². The monoisotopic (exact) mass is 297 g/mol. The van der Waals surface area contributed by atoms with Crippen LogP contribution in [-0.2, 0) is 9.59 Å². The van der Waals surface area contributed by atoms with Gasteiger partial charge in [-0.05, 0) is 38.0 Å². The van der Waals surface area contributed by atoms with Gasteiger partial charge in [-0.3, -0.25) is 9.59 Å². The Kier molecular flexibility index (Phi) is 3.62. The van der Waals surface area contributed by atoms with Gasteiger partial charge in [0.15, 0.2) is 6.10 Å². The lowest BCUT2D eigenvalue weighted by Crippen LogP contribution is -2.38. The topological polar surface area (TPSA) is 93.4 Å². The summed E-state index contributed by atoms with van der Waals surface area (Å²) in [6.07, 6.45) is 0.911. The molecular formula is C13H16ClN3O3. The van der Waals surface area contributed by atoms with Crippen LogP contribution in [0.25, 0.3) is 0 Å². The van der Waals surface area contributed by atoms with E-state index in [9.17, 15) is 9.59 Å². The van der Waals surface area contributed by atoms with Gasteiger partial charge >= 0.3 is 0 Å². The number of nitrogens with two attached hydrogens (primary N) is 1. The van der Waals surface area contributed by atoms with E-state index in [0.717, 1.165) is 0 Å².